The van der Waals surface area contributed by atoms with Crippen LogP contribution in [0.25, 0.3) is 11.3 Å². The molecule has 1 aliphatic rings. The number of rotatable bonds is 8. The minimum Gasteiger partial charge on any atom is -0.438 e. The van der Waals surface area contributed by atoms with E-state index in [-0.39, 0.29) is 23.4 Å². The Morgan fingerprint density at radius 2 is 1.88 bits per heavy atom. The van der Waals surface area contributed by atoms with Crippen LogP contribution in [0.5, 0.6) is 11.6 Å². The maximum Gasteiger partial charge on any atom is 0.416 e. The van der Waals surface area contributed by atoms with Crippen LogP contribution in [0.4, 0.5) is 28.9 Å². The fourth-order valence-corrected chi connectivity index (χ4v) is 5.28. The lowest BCUT2D eigenvalue weighted by Gasteiger charge is -2.29. The average molecular weight is 594 g/mol. The first-order chi connectivity index (χ1) is 20.5. The van der Waals surface area contributed by atoms with Gasteiger partial charge in [-0.2, -0.15) is 13.2 Å². The Labute approximate surface area is 247 Å². The van der Waals surface area contributed by atoms with E-state index >= 15 is 0 Å². The molecule has 11 heteroatoms. The molecular formula is C32H31F4N5O2. The topological polar surface area (TPSA) is 80.2 Å². The molecule has 1 unspecified atom stereocenters. The molecule has 2 heterocycles. The van der Waals surface area contributed by atoms with Crippen molar-refractivity contribution in [3.05, 3.63) is 89.8 Å². The molecule has 0 bridgehead atoms. The van der Waals surface area contributed by atoms with Crippen molar-refractivity contribution in [2.75, 3.05) is 17.3 Å². The number of carbonyl (C=O) groups excluding carboxylic acids is 1. The Morgan fingerprint density at radius 3 is 2.60 bits per heavy atom. The van der Waals surface area contributed by atoms with Gasteiger partial charge in [-0.25, -0.2) is 19.3 Å². The molecule has 1 fully saturated rings. The summed E-state index contributed by atoms with van der Waals surface area (Å²) in [6, 6.07) is 12.1. The lowest BCUT2D eigenvalue weighted by Crippen LogP contribution is -2.30. The minimum absolute atomic E-state index is 0.0601. The van der Waals surface area contributed by atoms with Crippen LogP contribution < -0.4 is 15.0 Å². The van der Waals surface area contributed by atoms with E-state index in [1.165, 1.54) is 24.4 Å². The number of hydrogen-bond acceptors (Lipinski definition) is 6. The number of pyridine rings is 1. The average Bonchev–Trinajstić information content (AvgIpc) is 3.43. The molecule has 224 valence electrons. The van der Waals surface area contributed by atoms with E-state index in [0.717, 1.165) is 37.5 Å². The highest BCUT2D eigenvalue weighted by Crippen LogP contribution is 2.39. The Hall–Kier alpha value is -4.54. The number of hydrogen-bond donors (Lipinski definition) is 1. The second-order valence-corrected chi connectivity index (χ2v) is 10.7. The van der Waals surface area contributed by atoms with Gasteiger partial charge in [0.25, 0.3) is 5.91 Å². The minimum atomic E-state index is -4.63. The van der Waals surface area contributed by atoms with Crippen LogP contribution in [0.1, 0.15) is 54.9 Å². The molecule has 1 N–H and O–H groups in total. The third kappa shape index (κ3) is 6.76. The zero-order valence-corrected chi connectivity index (χ0v) is 24.0. The normalized spacial score (nSPS) is 16.6. The zero-order valence-electron chi connectivity index (χ0n) is 24.0. The molecule has 0 radical (unpaired) electrons. The van der Waals surface area contributed by atoms with Crippen LogP contribution >= 0.6 is 0 Å². The van der Waals surface area contributed by atoms with Crippen LogP contribution in [0.2, 0.25) is 0 Å². The van der Waals surface area contributed by atoms with E-state index in [1.807, 2.05) is 11.8 Å². The van der Waals surface area contributed by atoms with Gasteiger partial charge in [0.05, 0.1) is 33.8 Å². The van der Waals surface area contributed by atoms with Crippen LogP contribution in [0.15, 0.2) is 67.0 Å². The van der Waals surface area contributed by atoms with Crippen LogP contribution in [0.3, 0.4) is 0 Å². The summed E-state index contributed by atoms with van der Waals surface area (Å²) >= 11 is 0. The number of aryl methyl sites for hydroxylation is 1. The van der Waals surface area contributed by atoms with Gasteiger partial charge in [-0.05, 0) is 79.8 Å². The van der Waals surface area contributed by atoms with Gasteiger partial charge in [-0.15, -0.1) is 0 Å². The highest BCUT2D eigenvalue weighted by atomic mass is 19.4. The van der Waals surface area contributed by atoms with Crippen molar-refractivity contribution in [3.8, 4) is 22.9 Å². The van der Waals surface area contributed by atoms with Crippen molar-refractivity contribution in [3.63, 3.8) is 0 Å². The van der Waals surface area contributed by atoms with Crippen molar-refractivity contribution in [1.82, 2.24) is 15.0 Å². The monoisotopic (exact) mass is 593 g/mol. The van der Waals surface area contributed by atoms with E-state index in [2.05, 4.69) is 27.2 Å². The molecule has 4 aromatic rings. The first-order valence-electron chi connectivity index (χ1n) is 14.0. The lowest BCUT2D eigenvalue weighted by molar-refractivity contribution is -0.137. The molecule has 0 aliphatic heterocycles. The molecule has 5 rings (SSSR count). The maximum atomic E-state index is 15.0. The van der Waals surface area contributed by atoms with Crippen molar-refractivity contribution < 1.29 is 27.1 Å². The van der Waals surface area contributed by atoms with E-state index in [1.54, 1.807) is 31.4 Å². The first kappa shape index (κ1) is 29.9. The van der Waals surface area contributed by atoms with Crippen molar-refractivity contribution in [2.45, 2.75) is 51.7 Å². The molecule has 0 saturated heterocycles. The van der Waals surface area contributed by atoms with Gasteiger partial charge in [0.15, 0.2) is 0 Å². The summed E-state index contributed by atoms with van der Waals surface area (Å²) in [4.78, 5) is 28.3. The maximum absolute atomic E-state index is 15.0. The van der Waals surface area contributed by atoms with E-state index < -0.39 is 29.0 Å². The number of anilines is 2. The van der Waals surface area contributed by atoms with E-state index in [9.17, 15) is 22.4 Å². The summed E-state index contributed by atoms with van der Waals surface area (Å²) in [7, 11) is 1.79. The van der Waals surface area contributed by atoms with Gasteiger partial charge in [0, 0.05) is 31.9 Å². The molecule has 2 atom stereocenters. The quantitative estimate of drug-likeness (QED) is 0.209. The number of aromatic nitrogens is 3. The van der Waals surface area contributed by atoms with Crippen LogP contribution in [-0.2, 0) is 12.6 Å². The standard InChI is InChI=1S/C32H31F4N5O2/c1-4-29-37-15-13-26(39-29)23-6-5-14-38-31(23)43-22-10-11-25(33)24(18-22)30(42)40-27-17-20(32(34,35)36)8-12-28(27)41(3)21-9-7-19(2)16-21/h5-6,8,10-15,17-19,21H,4,7,9,16H2,1-3H3,(H,40,42)/t19?,21-/m0/s1. The zero-order chi connectivity index (χ0) is 30.7. The number of alkyl halides is 3. The van der Waals surface area contributed by atoms with E-state index in [4.69, 9.17) is 4.74 Å². The van der Waals surface area contributed by atoms with E-state index in [0.29, 0.717) is 35.1 Å². The molecule has 2 aromatic carbocycles. The Bertz CT molecular complexity index is 1630. The van der Waals surface area contributed by atoms with Gasteiger partial charge in [0.1, 0.15) is 17.4 Å². The van der Waals surface area contributed by atoms with Crippen LogP contribution in [0, 0.1) is 11.7 Å². The summed E-state index contributed by atoms with van der Waals surface area (Å²) in [6.07, 6.45) is 1.92. The number of nitrogens with one attached hydrogen (secondary N) is 1. The number of carbonyl (C=O) groups is 1. The fraction of sp³-hybridized carbons (Fsp3) is 0.312. The molecular weight excluding hydrogens is 562 g/mol. The number of halogens is 4. The predicted octanol–water partition coefficient (Wildman–Crippen LogP) is 7.93. The SMILES string of the molecule is CCc1nccc(-c2cccnc2Oc2ccc(F)c(C(=O)Nc3cc(C(F)(F)F)ccc3N(C)[C@H]3CCC(C)C3)c2)n1. The Kier molecular flexibility index (Phi) is 8.61. The largest absolute Gasteiger partial charge is 0.438 e. The van der Waals surface area contributed by atoms with Gasteiger partial charge < -0.3 is 15.0 Å². The molecule has 2 aromatic heterocycles. The third-order valence-corrected chi connectivity index (χ3v) is 7.63. The summed E-state index contributed by atoms with van der Waals surface area (Å²) in [5.74, 6) is -0.372. The van der Waals surface area contributed by atoms with Crippen molar-refractivity contribution in [1.29, 1.82) is 0 Å². The molecule has 1 aliphatic carbocycles. The highest BCUT2D eigenvalue weighted by Gasteiger charge is 2.33. The number of benzene rings is 2. The second-order valence-electron chi connectivity index (χ2n) is 10.7. The smallest absolute Gasteiger partial charge is 0.416 e. The fourth-order valence-electron chi connectivity index (χ4n) is 5.28. The molecule has 43 heavy (non-hydrogen) atoms. The number of ether oxygens (including phenoxy) is 1. The molecule has 7 nitrogen and oxygen atoms in total. The third-order valence-electron chi connectivity index (χ3n) is 7.63. The lowest BCUT2D eigenvalue weighted by atomic mass is 10.1. The van der Waals surface area contributed by atoms with Crippen molar-refractivity contribution in [2.24, 2.45) is 5.92 Å². The van der Waals surface area contributed by atoms with Gasteiger partial charge in [-0.1, -0.05) is 13.8 Å². The Morgan fingerprint density at radius 1 is 1.07 bits per heavy atom. The first-order valence-corrected chi connectivity index (χ1v) is 14.0. The van der Waals surface area contributed by atoms with Gasteiger partial charge >= 0.3 is 6.18 Å². The molecule has 0 spiro atoms. The summed E-state index contributed by atoms with van der Waals surface area (Å²) < 4.78 is 61.8. The molecule has 1 saturated carbocycles. The van der Waals surface area contributed by atoms with Crippen molar-refractivity contribution >= 4 is 17.3 Å². The number of nitrogens with zero attached hydrogens (tertiary/aromatic N) is 4. The summed E-state index contributed by atoms with van der Waals surface area (Å²) in [6.45, 7) is 4.06. The summed E-state index contributed by atoms with van der Waals surface area (Å²) in [5, 5.41) is 2.53. The number of amides is 1. The van der Waals surface area contributed by atoms with Crippen LogP contribution in [-0.4, -0.2) is 33.9 Å². The molecule has 1 amide bonds. The summed E-state index contributed by atoms with van der Waals surface area (Å²) in [5.41, 5.74) is 0.181. The second kappa shape index (κ2) is 12.4. The predicted molar refractivity (Wildman–Crippen MR) is 156 cm³/mol. The Balaban J connectivity index is 1.44. The van der Waals surface area contributed by atoms with Gasteiger partial charge in [0.2, 0.25) is 5.88 Å². The highest BCUT2D eigenvalue weighted by molar-refractivity contribution is 6.06. The van der Waals surface area contributed by atoms with Gasteiger partial charge in [-0.3, -0.25) is 4.79 Å².